The molecule has 0 aliphatic rings. The third-order valence-electron chi connectivity index (χ3n) is 4.77. The summed E-state index contributed by atoms with van der Waals surface area (Å²) in [5.41, 5.74) is 0. The lowest BCUT2D eigenvalue weighted by molar-refractivity contribution is 0.182. The molecule has 0 unspecified atom stereocenters. The molecular formula is C23H68O9Si10. The summed E-state index contributed by atoms with van der Waals surface area (Å²) < 4.78 is 61.2. The van der Waals surface area contributed by atoms with E-state index in [4.69, 9.17) is 37.0 Å². The van der Waals surface area contributed by atoms with Crippen LogP contribution in [0, 0.1) is 0 Å². The summed E-state index contributed by atoms with van der Waals surface area (Å²) in [6.45, 7) is 46.9. The SMILES string of the molecule is CC[Si](O[Si](C)(C)O[Si](C)(C)O[Si](C)(C)C)(O[Si](C)(C)O[Si](C)(C)O[Si](C)(C)C)O[Si](C)(C)O[Si](C)(C)O[Si](C)(C)C. The molecule has 0 bridgehead atoms. The van der Waals surface area contributed by atoms with Gasteiger partial charge in [0.2, 0.25) is 0 Å². The maximum atomic E-state index is 7.08. The molecule has 0 aliphatic heterocycles. The number of hydrogen-bond donors (Lipinski definition) is 0. The van der Waals surface area contributed by atoms with Crippen molar-refractivity contribution in [1.82, 2.24) is 0 Å². The van der Waals surface area contributed by atoms with E-state index < -0.39 is 85.1 Å². The Hall–Kier alpha value is 1.81. The molecule has 42 heavy (non-hydrogen) atoms. The van der Waals surface area contributed by atoms with Gasteiger partial charge in [-0.3, -0.25) is 0 Å². The largest absolute Gasteiger partial charge is 0.473 e. The van der Waals surface area contributed by atoms with Gasteiger partial charge in [0.1, 0.15) is 0 Å². The Balaban J connectivity index is 6.56. The van der Waals surface area contributed by atoms with Gasteiger partial charge in [-0.15, -0.1) is 0 Å². The summed E-state index contributed by atoms with van der Waals surface area (Å²) in [5, 5.41) is 0. The molecule has 0 radical (unpaired) electrons. The van der Waals surface area contributed by atoms with Crippen molar-refractivity contribution in [2.24, 2.45) is 0 Å². The van der Waals surface area contributed by atoms with Crippen LogP contribution < -0.4 is 0 Å². The van der Waals surface area contributed by atoms with E-state index in [0.29, 0.717) is 6.04 Å². The highest BCUT2D eigenvalue weighted by Gasteiger charge is 2.57. The average Bonchev–Trinajstić information content (AvgIpc) is 2.48. The van der Waals surface area contributed by atoms with Gasteiger partial charge < -0.3 is 37.0 Å². The van der Waals surface area contributed by atoms with Crippen LogP contribution in [0.1, 0.15) is 6.92 Å². The summed E-state index contributed by atoms with van der Waals surface area (Å²) in [6, 6.07) is 0.566. The normalized spacial score (nSPS) is 15.9. The minimum Gasteiger partial charge on any atom is -0.437 e. The van der Waals surface area contributed by atoms with Crippen molar-refractivity contribution in [3.63, 3.8) is 0 Å². The molecule has 19 heteroatoms. The van der Waals surface area contributed by atoms with Crippen LogP contribution in [0.25, 0.3) is 0 Å². The van der Waals surface area contributed by atoms with Gasteiger partial charge in [-0.1, -0.05) is 6.92 Å². The number of rotatable bonds is 19. The number of hydrogen-bond acceptors (Lipinski definition) is 9. The second-order valence-electron chi connectivity index (χ2n) is 16.7. The molecule has 0 aromatic heterocycles. The van der Waals surface area contributed by atoms with Crippen molar-refractivity contribution in [2.45, 2.75) is 150 Å². The molecule has 254 valence electrons. The molecule has 0 aromatic carbocycles. The highest BCUT2D eigenvalue weighted by Crippen LogP contribution is 2.34. The summed E-state index contributed by atoms with van der Waals surface area (Å²) in [6.07, 6.45) is 0. The van der Waals surface area contributed by atoms with E-state index >= 15 is 0 Å². The maximum absolute atomic E-state index is 7.08. The summed E-state index contributed by atoms with van der Waals surface area (Å²) in [7, 11) is -24.7. The smallest absolute Gasteiger partial charge is 0.437 e. The fraction of sp³-hybridized carbons (Fsp3) is 1.00. The lowest BCUT2D eigenvalue weighted by atomic mass is 11.0. The van der Waals surface area contributed by atoms with Gasteiger partial charge in [-0.2, -0.15) is 0 Å². The molecule has 0 saturated carbocycles. The first-order valence-corrected chi connectivity index (χ1v) is 44.3. The van der Waals surface area contributed by atoms with Crippen LogP contribution in [-0.2, 0) is 37.0 Å². The Bertz CT molecular complexity index is 757. The lowest BCUT2D eigenvalue weighted by Crippen LogP contribution is -2.67. The van der Waals surface area contributed by atoms with E-state index in [1.54, 1.807) is 0 Å². The Labute approximate surface area is 271 Å². The van der Waals surface area contributed by atoms with Crippen LogP contribution in [0.15, 0.2) is 0 Å². The Morgan fingerprint density at radius 3 is 0.571 bits per heavy atom. The van der Waals surface area contributed by atoms with Crippen molar-refractivity contribution in [3.8, 4) is 0 Å². The highest BCUT2D eigenvalue weighted by molar-refractivity contribution is 6.94. The zero-order chi connectivity index (χ0) is 34.1. The van der Waals surface area contributed by atoms with E-state index in [-0.39, 0.29) is 0 Å². The lowest BCUT2D eigenvalue weighted by Gasteiger charge is -2.47. The van der Waals surface area contributed by atoms with Crippen LogP contribution in [0.5, 0.6) is 0 Å². The van der Waals surface area contributed by atoms with Gasteiger partial charge in [-0.05, 0) is 137 Å². The first kappa shape index (κ1) is 43.8. The monoisotopic (exact) mass is 768 g/mol. The predicted octanol–water partition coefficient (Wildman–Crippen LogP) is 8.81. The fourth-order valence-corrected chi connectivity index (χ4v) is 53.0. The van der Waals surface area contributed by atoms with Crippen molar-refractivity contribution < 1.29 is 37.0 Å². The second-order valence-corrected chi connectivity index (χ2v) is 55.6. The van der Waals surface area contributed by atoms with Gasteiger partial charge in [0.15, 0.2) is 25.0 Å². The topological polar surface area (TPSA) is 83.1 Å². The van der Waals surface area contributed by atoms with Crippen molar-refractivity contribution in [1.29, 1.82) is 0 Å². The average molecular weight is 770 g/mol. The maximum Gasteiger partial charge on any atom is 0.473 e. The third kappa shape index (κ3) is 20.1. The summed E-state index contributed by atoms with van der Waals surface area (Å²) in [5.74, 6) is 0. The zero-order valence-electron chi connectivity index (χ0n) is 31.4. The van der Waals surface area contributed by atoms with Gasteiger partial charge in [0, 0.05) is 6.04 Å². The van der Waals surface area contributed by atoms with E-state index in [1.807, 2.05) is 0 Å². The molecule has 0 heterocycles. The zero-order valence-corrected chi connectivity index (χ0v) is 41.4. The van der Waals surface area contributed by atoms with Crippen LogP contribution in [0.4, 0.5) is 0 Å². The van der Waals surface area contributed by atoms with E-state index in [2.05, 4.69) is 144 Å². The molecule has 0 aliphatic carbocycles. The Morgan fingerprint density at radius 1 is 0.262 bits per heavy atom. The predicted molar refractivity (Wildman–Crippen MR) is 201 cm³/mol. The minimum absolute atomic E-state index is 0.566. The van der Waals surface area contributed by atoms with E-state index in [0.717, 1.165) is 0 Å². The van der Waals surface area contributed by atoms with Crippen molar-refractivity contribution in [3.05, 3.63) is 0 Å². The third-order valence-corrected chi connectivity index (χ3v) is 40.3. The quantitative estimate of drug-likeness (QED) is 0.120. The van der Waals surface area contributed by atoms with Crippen LogP contribution in [0.3, 0.4) is 0 Å². The minimum atomic E-state index is -3.41. The van der Waals surface area contributed by atoms with Crippen LogP contribution in [0.2, 0.25) is 144 Å². The molecule has 0 amide bonds. The Morgan fingerprint density at radius 2 is 0.429 bits per heavy atom. The molecule has 0 atom stereocenters. The summed E-state index contributed by atoms with van der Waals surface area (Å²) >= 11 is 0. The highest BCUT2D eigenvalue weighted by atomic mass is 28.5. The fourth-order valence-electron chi connectivity index (χ4n) is 5.52. The van der Waals surface area contributed by atoms with Crippen molar-refractivity contribution >= 4 is 85.1 Å². The standard InChI is InChI=1S/C23H68O9Si10/c1-23-42(30-39(17,18)27-36(11,12)24-33(2,3)4,31-40(19,20)28-37(13,14)25-34(5,6)7)32-41(21,22)29-38(15,16)26-35(8,9)10/h23H2,1-22H3. The van der Waals surface area contributed by atoms with E-state index in [1.165, 1.54) is 0 Å². The molecule has 0 N–H and O–H groups in total. The second kappa shape index (κ2) is 14.5. The van der Waals surface area contributed by atoms with E-state index in [9.17, 15) is 0 Å². The molecule has 0 rings (SSSR count). The van der Waals surface area contributed by atoms with Gasteiger partial charge in [0.05, 0.1) is 0 Å². The van der Waals surface area contributed by atoms with Crippen LogP contribution >= 0.6 is 0 Å². The van der Waals surface area contributed by atoms with Gasteiger partial charge in [-0.25, -0.2) is 0 Å². The Kier molecular flexibility index (Phi) is 15.1. The molecule has 0 saturated heterocycles. The van der Waals surface area contributed by atoms with Gasteiger partial charge in [0.25, 0.3) is 0 Å². The molecule has 9 nitrogen and oxygen atoms in total. The summed E-state index contributed by atoms with van der Waals surface area (Å²) in [4.78, 5) is 0. The molecule has 0 spiro atoms. The van der Waals surface area contributed by atoms with Gasteiger partial charge >= 0.3 is 60.2 Å². The molecular weight excluding hydrogens is 701 g/mol. The first-order chi connectivity index (χ1) is 17.9. The molecule has 0 aromatic rings. The van der Waals surface area contributed by atoms with Crippen molar-refractivity contribution in [2.75, 3.05) is 0 Å². The molecule has 0 fully saturated rings. The first-order valence-electron chi connectivity index (χ1n) is 15.2. The van der Waals surface area contributed by atoms with Crippen LogP contribution in [-0.4, -0.2) is 85.1 Å².